The van der Waals surface area contributed by atoms with Gasteiger partial charge in [0, 0.05) is 21.8 Å². The standard InChI is InChI=1S/C18H11BrN4O3S/c19-11-2-4-12(5-3-11)20-18(24)10-1-6-13-14(9-10)22-17(21-13)15-7-8-16(27-15)23(25)26/h1-9H,(H,20,24)(H,21,22). The lowest BCUT2D eigenvalue weighted by Crippen LogP contribution is -2.11. The van der Waals surface area contributed by atoms with Crippen molar-refractivity contribution >= 4 is 54.9 Å². The Morgan fingerprint density at radius 1 is 1.15 bits per heavy atom. The summed E-state index contributed by atoms with van der Waals surface area (Å²) in [5, 5.41) is 13.7. The molecule has 2 heterocycles. The van der Waals surface area contributed by atoms with Crippen LogP contribution in [0.2, 0.25) is 0 Å². The molecule has 2 N–H and O–H groups in total. The molecular formula is C18H11BrN4O3S. The molecule has 0 radical (unpaired) electrons. The fourth-order valence-electron chi connectivity index (χ4n) is 2.56. The fraction of sp³-hybridized carbons (Fsp3) is 0. The van der Waals surface area contributed by atoms with Crippen molar-refractivity contribution in [3.63, 3.8) is 0 Å². The third kappa shape index (κ3) is 3.60. The molecule has 0 aliphatic heterocycles. The Morgan fingerprint density at radius 3 is 2.63 bits per heavy atom. The number of nitrogens with one attached hydrogen (secondary N) is 2. The van der Waals surface area contributed by atoms with Gasteiger partial charge in [-0.3, -0.25) is 14.9 Å². The van der Waals surface area contributed by atoms with Gasteiger partial charge in [-0.15, -0.1) is 0 Å². The quantitative estimate of drug-likeness (QED) is 0.334. The number of aromatic nitrogens is 2. The predicted molar refractivity (Wildman–Crippen MR) is 108 cm³/mol. The van der Waals surface area contributed by atoms with Crippen LogP contribution in [0.15, 0.2) is 59.1 Å². The second-order valence-electron chi connectivity index (χ2n) is 5.67. The first-order valence-corrected chi connectivity index (χ1v) is 9.42. The molecule has 4 rings (SSSR count). The molecule has 2 aromatic heterocycles. The average Bonchev–Trinajstić information content (AvgIpc) is 3.29. The molecule has 0 fully saturated rings. The molecule has 0 aliphatic rings. The Balaban J connectivity index is 1.61. The van der Waals surface area contributed by atoms with Crippen LogP contribution < -0.4 is 5.32 Å². The van der Waals surface area contributed by atoms with E-state index in [9.17, 15) is 14.9 Å². The van der Waals surface area contributed by atoms with Gasteiger partial charge >= 0.3 is 5.00 Å². The second-order valence-corrected chi connectivity index (χ2v) is 7.65. The van der Waals surface area contributed by atoms with Crippen LogP contribution in [0.25, 0.3) is 21.7 Å². The van der Waals surface area contributed by atoms with Crippen molar-refractivity contribution in [2.45, 2.75) is 0 Å². The van der Waals surface area contributed by atoms with E-state index in [4.69, 9.17) is 0 Å². The van der Waals surface area contributed by atoms with Gasteiger partial charge in [-0.2, -0.15) is 0 Å². The van der Waals surface area contributed by atoms with E-state index in [1.54, 1.807) is 36.4 Å². The summed E-state index contributed by atoms with van der Waals surface area (Å²) in [7, 11) is 0. The zero-order valence-electron chi connectivity index (χ0n) is 13.6. The first-order valence-electron chi connectivity index (χ1n) is 7.81. The van der Waals surface area contributed by atoms with E-state index in [0.717, 1.165) is 15.8 Å². The number of H-pyrrole nitrogens is 1. The molecule has 0 saturated heterocycles. The van der Waals surface area contributed by atoms with Crippen molar-refractivity contribution in [2.75, 3.05) is 5.32 Å². The molecule has 7 nitrogen and oxygen atoms in total. The summed E-state index contributed by atoms with van der Waals surface area (Å²) < 4.78 is 0.931. The number of imidazole rings is 1. The van der Waals surface area contributed by atoms with Gasteiger partial charge in [0.15, 0.2) is 0 Å². The Morgan fingerprint density at radius 2 is 1.93 bits per heavy atom. The molecule has 0 spiro atoms. The fourth-order valence-corrected chi connectivity index (χ4v) is 3.59. The third-order valence-corrected chi connectivity index (χ3v) is 5.42. The first kappa shape index (κ1) is 17.4. The highest BCUT2D eigenvalue weighted by molar-refractivity contribution is 9.10. The number of carbonyl (C=O) groups excluding carboxylic acids is 1. The molecule has 9 heteroatoms. The SMILES string of the molecule is O=C(Nc1ccc(Br)cc1)c1ccc2nc(-c3ccc([N+](=O)[O-])s3)[nH]c2c1. The van der Waals surface area contributed by atoms with Gasteiger partial charge in [0.2, 0.25) is 0 Å². The Hall–Kier alpha value is -3.04. The third-order valence-electron chi connectivity index (χ3n) is 3.85. The molecule has 134 valence electrons. The number of hydrogen-bond acceptors (Lipinski definition) is 5. The van der Waals surface area contributed by atoms with Crippen molar-refractivity contribution in [3.8, 4) is 10.7 Å². The number of fused-ring (bicyclic) bond motifs is 1. The van der Waals surface area contributed by atoms with Crippen LogP contribution in [0, 0.1) is 10.1 Å². The van der Waals surface area contributed by atoms with Crippen LogP contribution >= 0.6 is 27.3 Å². The number of anilines is 1. The molecule has 0 unspecified atom stereocenters. The van der Waals surface area contributed by atoms with Gasteiger partial charge in [0.25, 0.3) is 5.91 Å². The lowest BCUT2D eigenvalue weighted by atomic mass is 10.2. The van der Waals surface area contributed by atoms with E-state index < -0.39 is 4.92 Å². The van der Waals surface area contributed by atoms with Gasteiger partial charge in [-0.1, -0.05) is 27.3 Å². The number of halogens is 1. The van der Waals surface area contributed by atoms with Crippen LogP contribution in [-0.4, -0.2) is 20.8 Å². The maximum atomic E-state index is 12.5. The minimum absolute atomic E-state index is 0.0556. The number of hydrogen-bond donors (Lipinski definition) is 2. The topological polar surface area (TPSA) is 101 Å². The zero-order valence-corrected chi connectivity index (χ0v) is 16.0. The van der Waals surface area contributed by atoms with Crippen molar-refractivity contribution in [1.29, 1.82) is 0 Å². The minimum Gasteiger partial charge on any atom is -0.337 e. The number of nitro groups is 1. The van der Waals surface area contributed by atoms with Crippen LogP contribution in [0.4, 0.5) is 10.7 Å². The van der Waals surface area contributed by atoms with Crippen LogP contribution in [-0.2, 0) is 0 Å². The van der Waals surface area contributed by atoms with E-state index in [1.807, 2.05) is 12.1 Å². The summed E-state index contributed by atoms with van der Waals surface area (Å²) >= 11 is 4.40. The Labute approximate surface area is 165 Å². The van der Waals surface area contributed by atoms with E-state index in [0.29, 0.717) is 33.0 Å². The molecular weight excluding hydrogens is 432 g/mol. The summed E-state index contributed by atoms with van der Waals surface area (Å²) in [6.07, 6.45) is 0. The van der Waals surface area contributed by atoms with Crippen LogP contribution in [0.1, 0.15) is 10.4 Å². The zero-order chi connectivity index (χ0) is 19.0. The maximum absolute atomic E-state index is 12.5. The van der Waals surface area contributed by atoms with E-state index >= 15 is 0 Å². The number of nitrogens with zero attached hydrogens (tertiary/aromatic N) is 2. The summed E-state index contributed by atoms with van der Waals surface area (Å²) in [5.74, 6) is 0.302. The normalized spacial score (nSPS) is 10.9. The molecule has 4 aromatic rings. The predicted octanol–water partition coefficient (Wildman–Crippen LogP) is 5.21. The number of thiophene rings is 1. The summed E-state index contributed by atoms with van der Waals surface area (Å²) in [6, 6.07) is 15.6. The van der Waals surface area contributed by atoms with Crippen LogP contribution in [0.5, 0.6) is 0 Å². The number of benzene rings is 2. The largest absolute Gasteiger partial charge is 0.337 e. The first-order chi connectivity index (χ1) is 13.0. The van der Waals surface area contributed by atoms with E-state index in [-0.39, 0.29) is 10.9 Å². The molecule has 0 bridgehead atoms. The lowest BCUT2D eigenvalue weighted by molar-refractivity contribution is -0.380. The molecule has 0 aliphatic carbocycles. The lowest BCUT2D eigenvalue weighted by Gasteiger charge is -2.05. The molecule has 27 heavy (non-hydrogen) atoms. The van der Waals surface area contributed by atoms with Gasteiger partial charge in [-0.05, 0) is 48.5 Å². The molecule has 0 saturated carbocycles. The number of carbonyl (C=O) groups is 1. The number of rotatable bonds is 4. The van der Waals surface area contributed by atoms with Gasteiger partial charge in [-0.25, -0.2) is 4.98 Å². The maximum Gasteiger partial charge on any atom is 0.324 e. The highest BCUT2D eigenvalue weighted by atomic mass is 79.9. The van der Waals surface area contributed by atoms with Crippen molar-refractivity contribution < 1.29 is 9.72 Å². The number of amides is 1. The monoisotopic (exact) mass is 442 g/mol. The van der Waals surface area contributed by atoms with E-state index in [1.165, 1.54) is 6.07 Å². The van der Waals surface area contributed by atoms with Gasteiger partial charge in [0.05, 0.1) is 20.8 Å². The number of aromatic amines is 1. The highest BCUT2D eigenvalue weighted by Gasteiger charge is 2.15. The molecule has 0 atom stereocenters. The summed E-state index contributed by atoms with van der Waals surface area (Å²) in [4.78, 5) is 31.1. The van der Waals surface area contributed by atoms with Gasteiger partial charge in [0.1, 0.15) is 5.82 Å². The summed E-state index contributed by atoms with van der Waals surface area (Å²) in [6.45, 7) is 0. The molecule has 1 amide bonds. The highest BCUT2D eigenvalue weighted by Crippen LogP contribution is 2.32. The molecule has 2 aromatic carbocycles. The smallest absolute Gasteiger partial charge is 0.324 e. The second kappa shape index (κ2) is 6.93. The van der Waals surface area contributed by atoms with Crippen molar-refractivity contribution in [3.05, 3.63) is 74.7 Å². The van der Waals surface area contributed by atoms with E-state index in [2.05, 4.69) is 31.2 Å². The van der Waals surface area contributed by atoms with Gasteiger partial charge < -0.3 is 10.3 Å². The Kier molecular flexibility index (Phi) is 4.46. The Bertz CT molecular complexity index is 1170. The van der Waals surface area contributed by atoms with Crippen molar-refractivity contribution in [1.82, 2.24) is 9.97 Å². The average molecular weight is 443 g/mol. The van der Waals surface area contributed by atoms with Crippen LogP contribution in [0.3, 0.4) is 0 Å². The van der Waals surface area contributed by atoms with Crippen molar-refractivity contribution in [2.24, 2.45) is 0 Å². The minimum atomic E-state index is -0.429. The summed E-state index contributed by atoms with van der Waals surface area (Å²) in [5.41, 5.74) is 2.54.